The molecule has 0 saturated heterocycles. The molecule has 0 amide bonds. The van der Waals surface area contributed by atoms with Gasteiger partial charge in [0, 0.05) is 41.5 Å². The third kappa shape index (κ3) is 1.28. The van der Waals surface area contributed by atoms with E-state index in [1.165, 1.54) is 29.5 Å². The molecule has 1 fully saturated rings. The average Bonchev–Trinajstić information content (AvgIpc) is 2.80. The molecule has 18 heavy (non-hydrogen) atoms. The molecule has 3 nitrogen and oxygen atoms in total. The molecule has 0 radical (unpaired) electrons. The van der Waals surface area contributed by atoms with Gasteiger partial charge in [0.1, 0.15) is 11.5 Å². The fourth-order valence-corrected chi connectivity index (χ4v) is 4.05. The number of hydrogen-bond acceptors (Lipinski definition) is 3. The van der Waals surface area contributed by atoms with Gasteiger partial charge in [-0.1, -0.05) is 0 Å². The summed E-state index contributed by atoms with van der Waals surface area (Å²) in [5, 5.41) is 0. The molecule has 0 spiro atoms. The van der Waals surface area contributed by atoms with Crippen molar-refractivity contribution in [1.82, 2.24) is 0 Å². The van der Waals surface area contributed by atoms with Crippen molar-refractivity contribution in [2.24, 2.45) is 5.73 Å². The Balaban J connectivity index is 2.02. The molecular weight excluding hydrogens is 294 g/mol. The highest BCUT2D eigenvalue weighted by atomic mass is 79.9. The lowest BCUT2D eigenvalue weighted by Gasteiger charge is -2.21. The summed E-state index contributed by atoms with van der Waals surface area (Å²) in [6.07, 6.45) is 4.34. The van der Waals surface area contributed by atoms with E-state index >= 15 is 0 Å². The van der Waals surface area contributed by atoms with Crippen LogP contribution in [0.25, 0.3) is 0 Å². The van der Waals surface area contributed by atoms with Crippen molar-refractivity contribution in [3.8, 4) is 11.5 Å². The van der Waals surface area contributed by atoms with E-state index in [4.69, 9.17) is 15.2 Å². The Morgan fingerprint density at radius 3 is 2.39 bits per heavy atom. The average molecular weight is 310 g/mol. The van der Waals surface area contributed by atoms with E-state index in [0.717, 1.165) is 48.6 Å². The van der Waals surface area contributed by atoms with Gasteiger partial charge in [-0.2, -0.15) is 0 Å². The van der Waals surface area contributed by atoms with Crippen LogP contribution in [0.15, 0.2) is 4.47 Å². The zero-order valence-electron chi connectivity index (χ0n) is 10.2. The molecule has 1 aromatic carbocycles. The molecule has 2 heterocycles. The SMILES string of the molecule is NCC1(c2c3c(c(Br)c4c2OCC4)OCC3)CC1. The van der Waals surface area contributed by atoms with E-state index in [2.05, 4.69) is 15.9 Å². The maximum atomic E-state index is 6.02. The number of rotatable bonds is 2. The molecule has 0 aromatic heterocycles. The smallest absolute Gasteiger partial charge is 0.137 e. The molecule has 96 valence electrons. The van der Waals surface area contributed by atoms with Crippen molar-refractivity contribution in [3.05, 3.63) is 21.2 Å². The Labute approximate surface area is 115 Å². The normalized spacial score (nSPS) is 22.1. The number of fused-ring (bicyclic) bond motifs is 2. The van der Waals surface area contributed by atoms with E-state index in [1.54, 1.807) is 0 Å². The van der Waals surface area contributed by atoms with Crippen LogP contribution < -0.4 is 15.2 Å². The number of ether oxygens (including phenoxy) is 2. The minimum atomic E-state index is 0.174. The van der Waals surface area contributed by atoms with Crippen LogP contribution >= 0.6 is 15.9 Å². The van der Waals surface area contributed by atoms with E-state index < -0.39 is 0 Å². The van der Waals surface area contributed by atoms with Crippen LogP contribution in [0.5, 0.6) is 11.5 Å². The zero-order valence-corrected chi connectivity index (χ0v) is 11.8. The minimum absolute atomic E-state index is 0.174. The Hall–Kier alpha value is -0.740. The van der Waals surface area contributed by atoms with Crippen LogP contribution in [0.2, 0.25) is 0 Å². The number of halogens is 1. The highest BCUT2D eigenvalue weighted by molar-refractivity contribution is 9.10. The summed E-state index contributed by atoms with van der Waals surface area (Å²) < 4.78 is 12.9. The Morgan fingerprint density at radius 2 is 1.72 bits per heavy atom. The van der Waals surface area contributed by atoms with Gasteiger partial charge in [0.15, 0.2) is 0 Å². The van der Waals surface area contributed by atoms with Gasteiger partial charge in [-0.25, -0.2) is 0 Å². The molecule has 4 rings (SSSR count). The van der Waals surface area contributed by atoms with E-state index in [1.807, 2.05) is 0 Å². The topological polar surface area (TPSA) is 44.5 Å². The van der Waals surface area contributed by atoms with Gasteiger partial charge in [0.25, 0.3) is 0 Å². The Kier molecular flexibility index (Phi) is 2.25. The molecule has 1 aliphatic carbocycles. The summed E-state index contributed by atoms with van der Waals surface area (Å²) in [4.78, 5) is 0. The van der Waals surface area contributed by atoms with Gasteiger partial charge in [-0.05, 0) is 28.8 Å². The molecule has 0 bridgehead atoms. The van der Waals surface area contributed by atoms with Crippen molar-refractivity contribution >= 4 is 15.9 Å². The van der Waals surface area contributed by atoms with Gasteiger partial charge >= 0.3 is 0 Å². The third-order valence-electron chi connectivity index (χ3n) is 4.51. The first kappa shape index (κ1) is 11.1. The van der Waals surface area contributed by atoms with Gasteiger partial charge in [-0.3, -0.25) is 0 Å². The quantitative estimate of drug-likeness (QED) is 0.912. The maximum Gasteiger partial charge on any atom is 0.137 e. The zero-order chi connectivity index (χ0) is 12.3. The molecule has 3 aliphatic rings. The first-order chi connectivity index (χ1) is 8.77. The fraction of sp³-hybridized carbons (Fsp3) is 0.571. The van der Waals surface area contributed by atoms with Gasteiger partial charge in [0.2, 0.25) is 0 Å². The highest BCUT2D eigenvalue weighted by Gasteiger charge is 2.49. The third-order valence-corrected chi connectivity index (χ3v) is 5.35. The maximum absolute atomic E-state index is 6.02. The monoisotopic (exact) mass is 309 g/mol. The van der Waals surface area contributed by atoms with E-state index in [-0.39, 0.29) is 5.41 Å². The first-order valence-electron chi connectivity index (χ1n) is 6.60. The number of nitrogens with two attached hydrogens (primary N) is 1. The molecule has 0 atom stereocenters. The lowest BCUT2D eigenvalue weighted by molar-refractivity contribution is 0.349. The molecule has 1 saturated carbocycles. The summed E-state index contributed by atoms with van der Waals surface area (Å²) in [5.74, 6) is 2.16. The van der Waals surface area contributed by atoms with Crippen LogP contribution in [0, 0.1) is 0 Å². The lowest BCUT2D eigenvalue weighted by Crippen LogP contribution is -2.22. The second-order valence-electron chi connectivity index (χ2n) is 5.49. The second-order valence-corrected chi connectivity index (χ2v) is 6.28. The van der Waals surface area contributed by atoms with Crippen molar-refractivity contribution in [3.63, 3.8) is 0 Å². The van der Waals surface area contributed by atoms with Crippen molar-refractivity contribution in [2.75, 3.05) is 19.8 Å². The second kappa shape index (κ2) is 3.64. The van der Waals surface area contributed by atoms with E-state index in [0.29, 0.717) is 0 Å². The Morgan fingerprint density at radius 1 is 1.06 bits per heavy atom. The molecule has 0 unspecified atom stereocenters. The van der Waals surface area contributed by atoms with Crippen LogP contribution in [-0.2, 0) is 18.3 Å². The first-order valence-corrected chi connectivity index (χ1v) is 7.39. The molecule has 2 N–H and O–H groups in total. The van der Waals surface area contributed by atoms with Crippen LogP contribution in [0.4, 0.5) is 0 Å². The molecule has 4 heteroatoms. The molecule has 1 aromatic rings. The van der Waals surface area contributed by atoms with Crippen molar-refractivity contribution in [1.29, 1.82) is 0 Å². The van der Waals surface area contributed by atoms with Crippen molar-refractivity contribution < 1.29 is 9.47 Å². The van der Waals surface area contributed by atoms with Crippen LogP contribution in [0.3, 0.4) is 0 Å². The standard InChI is InChI=1S/C14H16BrNO2/c15-11-9-2-6-17-12(9)10(14(7-16)3-4-14)8-1-5-18-13(8)11/h1-7,16H2. The summed E-state index contributed by atoms with van der Waals surface area (Å²) in [6.45, 7) is 2.28. The highest BCUT2D eigenvalue weighted by Crippen LogP contribution is 2.58. The summed E-state index contributed by atoms with van der Waals surface area (Å²) in [5.41, 5.74) is 10.2. The van der Waals surface area contributed by atoms with Crippen molar-refractivity contribution in [2.45, 2.75) is 31.1 Å². The van der Waals surface area contributed by atoms with E-state index in [9.17, 15) is 0 Å². The molecule has 2 aliphatic heterocycles. The predicted octanol–water partition coefficient (Wildman–Crippen LogP) is 2.31. The van der Waals surface area contributed by atoms with Gasteiger partial charge in [-0.15, -0.1) is 0 Å². The summed E-state index contributed by atoms with van der Waals surface area (Å²) >= 11 is 3.69. The predicted molar refractivity (Wildman–Crippen MR) is 72.5 cm³/mol. The summed E-state index contributed by atoms with van der Waals surface area (Å²) in [7, 11) is 0. The minimum Gasteiger partial charge on any atom is -0.493 e. The fourth-order valence-electron chi connectivity index (χ4n) is 3.32. The van der Waals surface area contributed by atoms with Crippen LogP contribution in [-0.4, -0.2) is 19.8 Å². The molecular formula is C14H16BrNO2. The summed E-state index contributed by atoms with van der Waals surface area (Å²) in [6, 6.07) is 0. The lowest BCUT2D eigenvalue weighted by atomic mass is 9.87. The number of hydrogen-bond donors (Lipinski definition) is 1. The largest absolute Gasteiger partial charge is 0.493 e. The van der Waals surface area contributed by atoms with Gasteiger partial charge in [0.05, 0.1) is 17.7 Å². The van der Waals surface area contributed by atoms with Crippen LogP contribution in [0.1, 0.15) is 29.5 Å². The number of benzene rings is 1. The Bertz CT molecular complexity index is 502. The van der Waals surface area contributed by atoms with Gasteiger partial charge < -0.3 is 15.2 Å².